The molecule has 0 amide bonds. The van der Waals surface area contributed by atoms with Crippen LogP contribution in [-0.4, -0.2) is 38.6 Å². The van der Waals surface area contributed by atoms with Gasteiger partial charge in [-0.1, -0.05) is 6.07 Å². The van der Waals surface area contributed by atoms with Crippen molar-refractivity contribution in [3.05, 3.63) is 35.8 Å². The van der Waals surface area contributed by atoms with Crippen LogP contribution in [0, 0.1) is 6.92 Å². The van der Waals surface area contributed by atoms with Crippen molar-refractivity contribution in [2.45, 2.75) is 18.9 Å². The lowest BCUT2D eigenvalue weighted by Crippen LogP contribution is -2.31. The molecule has 1 aliphatic rings. The highest BCUT2D eigenvalue weighted by atomic mass is 16.3. The summed E-state index contributed by atoms with van der Waals surface area (Å²) in [6, 6.07) is 5.90. The van der Waals surface area contributed by atoms with Crippen LogP contribution in [0.15, 0.2) is 24.4 Å². The van der Waals surface area contributed by atoms with E-state index in [9.17, 15) is 5.11 Å². The molecule has 2 N–H and O–H groups in total. The molecule has 1 fully saturated rings. The molecule has 2 aromatic heterocycles. The molecular weight excluding hydrogens is 230 g/mol. The Hall–Kier alpha value is -1.95. The molecule has 2 aromatic rings. The van der Waals surface area contributed by atoms with Gasteiger partial charge in [0.05, 0.1) is 12.7 Å². The summed E-state index contributed by atoms with van der Waals surface area (Å²) in [4.78, 5) is 6.54. The molecule has 0 aromatic carbocycles. The number of hydrogen-bond donors (Lipinski definition) is 2. The standard InChI is InChI=1S/C12H15N5O/c1-9-3-2-4-11(14-9)17-6-5-12(18,8-17)10-7-13-16-15-10/h2-4,7,18H,5-6,8H2,1H3,(H,13,15,16)/t12-/m1/s1. The van der Waals surface area contributed by atoms with Gasteiger partial charge in [-0.2, -0.15) is 15.4 Å². The maximum atomic E-state index is 10.6. The zero-order chi connectivity index (χ0) is 12.6. The molecule has 0 saturated carbocycles. The fraction of sp³-hybridized carbons (Fsp3) is 0.417. The molecule has 0 radical (unpaired) electrons. The van der Waals surface area contributed by atoms with Crippen LogP contribution >= 0.6 is 0 Å². The van der Waals surface area contributed by atoms with E-state index in [0.717, 1.165) is 18.1 Å². The molecular formula is C12H15N5O. The van der Waals surface area contributed by atoms with Crippen molar-refractivity contribution in [1.29, 1.82) is 0 Å². The van der Waals surface area contributed by atoms with Crippen LogP contribution in [0.1, 0.15) is 17.8 Å². The first-order chi connectivity index (χ1) is 8.67. The van der Waals surface area contributed by atoms with Crippen molar-refractivity contribution < 1.29 is 5.11 Å². The number of β-amino-alcohol motifs (C(OH)–C–C–N with tert-alkyl or cyclic N) is 1. The van der Waals surface area contributed by atoms with Gasteiger partial charge < -0.3 is 10.0 Å². The van der Waals surface area contributed by atoms with E-state index in [1.165, 1.54) is 0 Å². The van der Waals surface area contributed by atoms with Gasteiger partial charge in [0.25, 0.3) is 0 Å². The van der Waals surface area contributed by atoms with Crippen LogP contribution in [0.25, 0.3) is 0 Å². The molecule has 3 heterocycles. The Kier molecular flexibility index (Phi) is 2.52. The molecule has 18 heavy (non-hydrogen) atoms. The Morgan fingerprint density at radius 2 is 2.33 bits per heavy atom. The summed E-state index contributed by atoms with van der Waals surface area (Å²) in [7, 11) is 0. The Morgan fingerprint density at radius 1 is 1.44 bits per heavy atom. The Labute approximate surface area is 105 Å². The number of nitrogens with one attached hydrogen (secondary N) is 1. The number of aliphatic hydroxyl groups is 1. The van der Waals surface area contributed by atoms with Crippen LogP contribution in [0.5, 0.6) is 0 Å². The quantitative estimate of drug-likeness (QED) is 0.810. The summed E-state index contributed by atoms with van der Waals surface area (Å²) in [5, 5.41) is 20.8. The second-order valence-electron chi connectivity index (χ2n) is 4.70. The fourth-order valence-corrected chi connectivity index (χ4v) is 2.33. The number of H-pyrrole nitrogens is 1. The van der Waals surface area contributed by atoms with E-state index in [2.05, 4.69) is 25.3 Å². The molecule has 6 nitrogen and oxygen atoms in total. The number of nitrogens with zero attached hydrogens (tertiary/aromatic N) is 4. The summed E-state index contributed by atoms with van der Waals surface area (Å²) in [5.74, 6) is 0.898. The average molecular weight is 245 g/mol. The molecule has 1 saturated heterocycles. The molecule has 6 heteroatoms. The molecule has 3 rings (SSSR count). The van der Waals surface area contributed by atoms with E-state index < -0.39 is 5.60 Å². The van der Waals surface area contributed by atoms with Gasteiger partial charge in [-0.3, -0.25) is 0 Å². The van der Waals surface area contributed by atoms with Crippen molar-refractivity contribution in [3.63, 3.8) is 0 Å². The van der Waals surface area contributed by atoms with Crippen LogP contribution in [-0.2, 0) is 5.60 Å². The number of hydrogen-bond acceptors (Lipinski definition) is 5. The SMILES string of the molecule is Cc1cccc(N2CC[C@](O)(c3cn[nH]n3)C2)n1. The van der Waals surface area contributed by atoms with Crippen LogP contribution in [0.4, 0.5) is 5.82 Å². The van der Waals surface area contributed by atoms with Gasteiger partial charge in [-0.05, 0) is 19.1 Å². The van der Waals surface area contributed by atoms with E-state index >= 15 is 0 Å². The Morgan fingerprint density at radius 3 is 3.06 bits per heavy atom. The normalized spacial score (nSPS) is 23.6. The number of aryl methyl sites for hydroxylation is 1. The summed E-state index contributed by atoms with van der Waals surface area (Å²) in [5.41, 5.74) is 0.639. The van der Waals surface area contributed by atoms with E-state index in [1.54, 1.807) is 6.20 Å². The summed E-state index contributed by atoms with van der Waals surface area (Å²) >= 11 is 0. The van der Waals surface area contributed by atoms with E-state index in [0.29, 0.717) is 18.7 Å². The lowest BCUT2D eigenvalue weighted by molar-refractivity contribution is 0.0559. The first kappa shape index (κ1) is 11.2. The second-order valence-corrected chi connectivity index (χ2v) is 4.70. The van der Waals surface area contributed by atoms with Crippen molar-refractivity contribution in [3.8, 4) is 0 Å². The van der Waals surface area contributed by atoms with Gasteiger partial charge in [-0.15, -0.1) is 0 Å². The van der Waals surface area contributed by atoms with Crippen molar-refractivity contribution >= 4 is 5.82 Å². The molecule has 1 aliphatic heterocycles. The van der Waals surface area contributed by atoms with Gasteiger partial charge >= 0.3 is 0 Å². The highest BCUT2D eigenvalue weighted by Gasteiger charge is 2.40. The van der Waals surface area contributed by atoms with E-state index in [1.807, 2.05) is 25.1 Å². The van der Waals surface area contributed by atoms with E-state index in [4.69, 9.17) is 0 Å². The third kappa shape index (κ3) is 1.84. The number of anilines is 1. The topological polar surface area (TPSA) is 77.9 Å². The van der Waals surface area contributed by atoms with Gasteiger partial charge in [0.15, 0.2) is 0 Å². The summed E-state index contributed by atoms with van der Waals surface area (Å²) in [6.45, 7) is 3.22. The Bertz CT molecular complexity index is 541. The van der Waals surface area contributed by atoms with Crippen molar-refractivity contribution in [2.75, 3.05) is 18.0 Å². The minimum Gasteiger partial charge on any atom is -0.381 e. The number of pyridine rings is 1. The van der Waals surface area contributed by atoms with Crippen molar-refractivity contribution in [1.82, 2.24) is 20.4 Å². The first-order valence-electron chi connectivity index (χ1n) is 5.95. The lowest BCUT2D eigenvalue weighted by atomic mass is 10.0. The number of aromatic amines is 1. The minimum absolute atomic E-state index is 0.496. The number of rotatable bonds is 2. The highest BCUT2D eigenvalue weighted by molar-refractivity contribution is 5.42. The van der Waals surface area contributed by atoms with E-state index in [-0.39, 0.29) is 0 Å². The van der Waals surface area contributed by atoms with Crippen LogP contribution in [0.2, 0.25) is 0 Å². The number of aromatic nitrogens is 4. The van der Waals surface area contributed by atoms with Gasteiger partial charge in [0, 0.05) is 18.7 Å². The predicted octanol–water partition coefficient (Wildman–Crippen LogP) is 0.606. The van der Waals surface area contributed by atoms with Crippen LogP contribution < -0.4 is 4.90 Å². The molecule has 1 atom stereocenters. The lowest BCUT2D eigenvalue weighted by Gasteiger charge is -2.21. The van der Waals surface area contributed by atoms with Crippen LogP contribution in [0.3, 0.4) is 0 Å². The average Bonchev–Trinajstić information content (AvgIpc) is 2.98. The zero-order valence-corrected chi connectivity index (χ0v) is 10.2. The predicted molar refractivity (Wildman–Crippen MR) is 66.1 cm³/mol. The molecule has 94 valence electrons. The minimum atomic E-state index is -0.932. The molecule has 0 bridgehead atoms. The highest BCUT2D eigenvalue weighted by Crippen LogP contribution is 2.32. The molecule has 0 aliphatic carbocycles. The third-order valence-corrected chi connectivity index (χ3v) is 3.34. The summed E-state index contributed by atoms with van der Waals surface area (Å²) in [6.07, 6.45) is 2.21. The summed E-state index contributed by atoms with van der Waals surface area (Å²) < 4.78 is 0. The molecule has 0 unspecified atom stereocenters. The zero-order valence-electron chi connectivity index (χ0n) is 10.2. The largest absolute Gasteiger partial charge is 0.381 e. The van der Waals surface area contributed by atoms with Gasteiger partial charge in [0.2, 0.25) is 0 Å². The fourth-order valence-electron chi connectivity index (χ4n) is 2.33. The third-order valence-electron chi connectivity index (χ3n) is 3.34. The second kappa shape index (κ2) is 4.06. The molecule has 0 spiro atoms. The Balaban J connectivity index is 1.83. The van der Waals surface area contributed by atoms with Gasteiger partial charge in [0.1, 0.15) is 17.1 Å². The maximum Gasteiger partial charge on any atom is 0.129 e. The first-order valence-corrected chi connectivity index (χ1v) is 5.95. The monoisotopic (exact) mass is 245 g/mol. The maximum absolute atomic E-state index is 10.6. The van der Waals surface area contributed by atoms with Crippen molar-refractivity contribution in [2.24, 2.45) is 0 Å². The van der Waals surface area contributed by atoms with Gasteiger partial charge in [-0.25, -0.2) is 4.98 Å². The smallest absolute Gasteiger partial charge is 0.129 e.